The van der Waals surface area contributed by atoms with E-state index in [-0.39, 0.29) is 5.78 Å². The van der Waals surface area contributed by atoms with Crippen molar-refractivity contribution in [1.82, 2.24) is 14.8 Å². The fraction of sp³-hybridized carbons (Fsp3) is 0.667. The zero-order chi connectivity index (χ0) is 13.2. The molecule has 0 bridgehead atoms. The lowest BCUT2D eigenvalue weighted by Gasteiger charge is -2.47. The second-order valence-corrected chi connectivity index (χ2v) is 5.93. The van der Waals surface area contributed by atoms with E-state index in [1.165, 1.54) is 25.8 Å². The maximum Gasteiger partial charge on any atom is 0.192 e. The quantitative estimate of drug-likeness (QED) is 0.843. The Balaban J connectivity index is 1.63. The monoisotopic (exact) mass is 261 g/mol. The van der Waals surface area contributed by atoms with Crippen LogP contribution in [-0.4, -0.2) is 58.8 Å². The van der Waals surface area contributed by atoms with Gasteiger partial charge in [0, 0.05) is 31.4 Å². The maximum atomic E-state index is 12.2. The lowest BCUT2D eigenvalue weighted by Crippen LogP contribution is -2.59. The molecule has 3 heterocycles. The Morgan fingerprint density at radius 2 is 2.32 bits per heavy atom. The van der Waals surface area contributed by atoms with Crippen LogP contribution in [0.25, 0.3) is 0 Å². The number of fused-ring (bicyclic) bond motifs is 1. The van der Waals surface area contributed by atoms with Crippen LogP contribution in [0, 0.1) is 0 Å². The molecule has 0 spiro atoms. The number of Topliss-reactive ketones (excluding diaryl/α,β-unsaturated/α-hetero) is 1. The molecule has 2 atom stereocenters. The number of ketones is 1. The van der Waals surface area contributed by atoms with Crippen molar-refractivity contribution in [3.8, 4) is 0 Å². The Bertz CT molecular complexity index is 429. The number of aromatic amines is 1. The van der Waals surface area contributed by atoms with Crippen molar-refractivity contribution in [1.29, 1.82) is 0 Å². The first kappa shape index (κ1) is 12.9. The molecule has 2 fully saturated rings. The van der Waals surface area contributed by atoms with Crippen LogP contribution in [0.5, 0.6) is 0 Å². The first-order chi connectivity index (χ1) is 9.24. The zero-order valence-electron chi connectivity index (χ0n) is 11.6. The SMILES string of the molecule is CC1CN2CCCCC2CN1CC(=O)c1ccc[nH]1. The molecule has 0 amide bonds. The summed E-state index contributed by atoms with van der Waals surface area (Å²) in [7, 11) is 0. The van der Waals surface area contributed by atoms with Gasteiger partial charge in [-0.2, -0.15) is 0 Å². The molecule has 4 nitrogen and oxygen atoms in total. The summed E-state index contributed by atoms with van der Waals surface area (Å²) in [5, 5.41) is 0. The summed E-state index contributed by atoms with van der Waals surface area (Å²) in [6, 6.07) is 4.90. The highest BCUT2D eigenvalue weighted by molar-refractivity contribution is 5.95. The van der Waals surface area contributed by atoms with E-state index < -0.39 is 0 Å². The number of piperazine rings is 1. The number of rotatable bonds is 3. The third kappa shape index (κ3) is 2.74. The van der Waals surface area contributed by atoms with Gasteiger partial charge in [-0.05, 0) is 38.4 Å². The van der Waals surface area contributed by atoms with E-state index in [1.54, 1.807) is 0 Å². The van der Waals surface area contributed by atoms with Gasteiger partial charge in [0.1, 0.15) is 0 Å². The highest BCUT2D eigenvalue weighted by atomic mass is 16.1. The molecule has 2 aliphatic heterocycles. The Morgan fingerprint density at radius 3 is 3.11 bits per heavy atom. The summed E-state index contributed by atoms with van der Waals surface area (Å²) in [5.74, 6) is 0.209. The van der Waals surface area contributed by atoms with Crippen molar-refractivity contribution < 1.29 is 4.79 Å². The Morgan fingerprint density at radius 1 is 1.42 bits per heavy atom. The molecular formula is C15H23N3O. The van der Waals surface area contributed by atoms with Crippen LogP contribution in [0.1, 0.15) is 36.7 Å². The average molecular weight is 261 g/mol. The van der Waals surface area contributed by atoms with Crippen LogP contribution in [-0.2, 0) is 0 Å². The van der Waals surface area contributed by atoms with Gasteiger partial charge in [0.15, 0.2) is 5.78 Å². The van der Waals surface area contributed by atoms with Crippen molar-refractivity contribution in [2.45, 2.75) is 38.3 Å². The Kier molecular flexibility index (Phi) is 3.71. The third-order valence-corrected chi connectivity index (χ3v) is 4.56. The van der Waals surface area contributed by atoms with Gasteiger partial charge in [0.2, 0.25) is 0 Å². The summed E-state index contributed by atoms with van der Waals surface area (Å²) in [6.45, 7) is 6.20. The summed E-state index contributed by atoms with van der Waals surface area (Å²) in [5.41, 5.74) is 0.735. The standard InChI is InChI=1S/C15H23N3O/c1-12-9-17-8-3-2-5-13(17)10-18(12)11-15(19)14-6-4-7-16-14/h4,6-7,12-13,16H,2-3,5,8-11H2,1H3. The summed E-state index contributed by atoms with van der Waals surface area (Å²) in [6.07, 6.45) is 5.79. The molecule has 0 aliphatic carbocycles. The van der Waals surface area contributed by atoms with E-state index in [0.717, 1.165) is 18.8 Å². The van der Waals surface area contributed by atoms with E-state index in [9.17, 15) is 4.79 Å². The summed E-state index contributed by atoms with van der Waals surface area (Å²) >= 11 is 0. The molecule has 1 N–H and O–H groups in total. The minimum atomic E-state index is 0.209. The molecule has 1 aromatic heterocycles. The number of piperidine rings is 1. The number of nitrogens with zero attached hydrogens (tertiary/aromatic N) is 2. The molecule has 0 radical (unpaired) electrons. The van der Waals surface area contributed by atoms with Crippen molar-refractivity contribution in [2.24, 2.45) is 0 Å². The fourth-order valence-electron chi connectivity index (χ4n) is 3.41. The van der Waals surface area contributed by atoms with Crippen molar-refractivity contribution in [2.75, 3.05) is 26.2 Å². The Labute approximate surface area is 114 Å². The fourth-order valence-corrected chi connectivity index (χ4v) is 3.41. The third-order valence-electron chi connectivity index (χ3n) is 4.56. The van der Waals surface area contributed by atoms with Gasteiger partial charge in [-0.15, -0.1) is 0 Å². The van der Waals surface area contributed by atoms with Gasteiger partial charge in [-0.1, -0.05) is 6.42 Å². The molecule has 1 aromatic rings. The topological polar surface area (TPSA) is 39.3 Å². The number of H-pyrrole nitrogens is 1. The van der Waals surface area contributed by atoms with Crippen LogP contribution in [0.4, 0.5) is 0 Å². The summed E-state index contributed by atoms with van der Waals surface area (Å²) < 4.78 is 0. The van der Waals surface area contributed by atoms with Crippen LogP contribution in [0.2, 0.25) is 0 Å². The minimum absolute atomic E-state index is 0.209. The molecule has 104 valence electrons. The second-order valence-electron chi connectivity index (χ2n) is 5.93. The first-order valence-electron chi connectivity index (χ1n) is 7.39. The predicted octanol–water partition coefficient (Wildman–Crippen LogP) is 1.76. The molecule has 4 heteroatoms. The predicted molar refractivity (Wildman–Crippen MR) is 75.4 cm³/mol. The van der Waals surface area contributed by atoms with E-state index in [2.05, 4.69) is 21.7 Å². The minimum Gasteiger partial charge on any atom is -0.359 e. The second kappa shape index (κ2) is 5.47. The summed E-state index contributed by atoms with van der Waals surface area (Å²) in [4.78, 5) is 20.2. The van der Waals surface area contributed by atoms with Gasteiger partial charge in [-0.3, -0.25) is 14.6 Å². The van der Waals surface area contributed by atoms with Gasteiger partial charge in [0.25, 0.3) is 0 Å². The molecule has 2 saturated heterocycles. The van der Waals surface area contributed by atoms with Gasteiger partial charge >= 0.3 is 0 Å². The van der Waals surface area contributed by atoms with Crippen molar-refractivity contribution in [3.05, 3.63) is 24.0 Å². The van der Waals surface area contributed by atoms with E-state index >= 15 is 0 Å². The normalized spacial score (nSPS) is 29.1. The lowest BCUT2D eigenvalue weighted by atomic mass is 9.97. The highest BCUT2D eigenvalue weighted by Gasteiger charge is 2.33. The number of hydrogen-bond donors (Lipinski definition) is 1. The number of nitrogens with one attached hydrogen (secondary N) is 1. The van der Waals surface area contributed by atoms with Crippen molar-refractivity contribution in [3.63, 3.8) is 0 Å². The van der Waals surface area contributed by atoms with Gasteiger partial charge in [0.05, 0.1) is 12.2 Å². The Hall–Kier alpha value is -1.13. The highest BCUT2D eigenvalue weighted by Crippen LogP contribution is 2.24. The van der Waals surface area contributed by atoms with Crippen LogP contribution in [0.3, 0.4) is 0 Å². The van der Waals surface area contributed by atoms with E-state index in [4.69, 9.17) is 0 Å². The number of aromatic nitrogens is 1. The molecule has 2 unspecified atom stereocenters. The number of carbonyl (C=O) groups is 1. The largest absolute Gasteiger partial charge is 0.359 e. The molecule has 0 aromatic carbocycles. The maximum absolute atomic E-state index is 12.2. The van der Waals surface area contributed by atoms with Gasteiger partial charge in [-0.25, -0.2) is 0 Å². The van der Waals surface area contributed by atoms with Crippen molar-refractivity contribution >= 4 is 5.78 Å². The lowest BCUT2D eigenvalue weighted by molar-refractivity contribution is 0.0165. The number of hydrogen-bond acceptors (Lipinski definition) is 3. The molecule has 2 aliphatic rings. The van der Waals surface area contributed by atoms with E-state index in [1.807, 2.05) is 18.3 Å². The number of carbonyl (C=O) groups excluding carboxylic acids is 1. The zero-order valence-corrected chi connectivity index (χ0v) is 11.6. The average Bonchev–Trinajstić information content (AvgIpc) is 2.93. The smallest absolute Gasteiger partial charge is 0.192 e. The first-order valence-corrected chi connectivity index (χ1v) is 7.39. The van der Waals surface area contributed by atoms with E-state index in [0.29, 0.717) is 18.6 Å². The van der Waals surface area contributed by atoms with Crippen LogP contribution in [0.15, 0.2) is 18.3 Å². The molecule has 19 heavy (non-hydrogen) atoms. The van der Waals surface area contributed by atoms with Crippen LogP contribution >= 0.6 is 0 Å². The van der Waals surface area contributed by atoms with Crippen LogP contribution < -0.4 is 0 Å². The molecule has 0 saturated carbocycles. The molecular weight excluding hydrogens is 238 g/mol. The molecule has 3 rings (SSSR count). The van der Waals surface area contributed by atoms with Gasteiger partial charge < -0.3 is 4.98 Å².